The maximum Gasteiger partial charge on any atom is 0.223 e. The van der Waals surface area contributed by atoms with E-state index in [1.54, 1.807) is 0 Å². The van der Waals surface area contributed by atoms with Gasteiger partial charge in [-0.1, -0.05) is 33.1 Å². The zero-order valence-corrected chi connectivity index (χ0v) is 13.8. The van der Waals surface area contributed by atoms with Crippen molar-refractivity contribution in [3.8, 4) is 0 Å². The predicted octanol–water partition coefficient (Wildman–Crippen LogP) is 4.43. The van der Waals surface area contributed by atoms with Gasteiger partial charge < -0.3 is 5.32 Å². The molecule has 0 aromatic carbocycles. The summed E-state index contributed by atoms with van der Waals surface area (Å²) in [6.45, 7) is 4.97. The number of carbonyl (C=O) groups is 1. The number of carbonyl (C=O) groups excluding carboxylic acids is 1. The van der Waals surface area contributed by atoms with Gasteiger partial charge in [-0.15, -0.1) is 0 Å². The maximum absolute atomic E-state index is 12.8. The molecule has 0 radical (unpaired) electrons. The van der Waals surface area contributed by atoms with Gasteiger partial charge in [0.05, 0.1) is 0 Å². The lowest BCUT2D eigenvalue weighted by Gasteiger charge is -2.65. The van der Waals surface area contributed by atoms with Crippen LogP contribution in [0.1, 0.15) is 84.5 Å². The minimum absolute atomic E-state index is 0.150. The third-order valence-corrected chi connectivity index (χ3v) is 6.99. The first-order valence-corrected chi connectivity index (χ1v) is 9.22. The van der Waals surface area contributed by atoms with Crippen molar-refractivity contribution in [1.82, 2.24) is 5.32 Å². The first-order chi connectivity index (χ1) is 9.90. The van der Waals surface area contributed by atoms with Crippen molar-refractivity contribution in [1.29, 1.82) is 0 Å². The van der Waals surface area contributed by atoms with Crippen molar-refractivity contribution < 1.29 is 4.79 Å². The van der Waals surface area contributed by atoms with Crippen LogP contribution in [0, 0.1) is 22.7 Å². The molecule has 2 atom stereocenters. The van der Waals surface area contributed by atoms with E-state index in [0.29, 0.717) is 22.7 Å². The minimum atomic E-state index is 0.150. The van der Waals surface area contributed by atoms with E-state index in [4.69, 9.17) is 0 Å². The lowest BCUT2D eigenvalue weighted by atomic mass is 9.42. The highest BCUT2D eigenvalue weighted by molar-refractivity contribution is 5.79. The Morgan fingerprint density at radius 2 is 1.52 bits per heavy atom. The summed E-state index contributed by atoms with van der Waals surface area (Å²) >= 11 is 0. The monoisotopic (exact) mass is 289 g/mol. The Balaban J connectivity index is 1.52. The molecule has 2 heteroatoms. The summed E-state index contributed by atoms with van der Waals surface area (Å²) < 4.78 is 0. The predicted molar refractivity (Wildman–Crippen MR) is 84.9 cm³/mol. The van der Waals surface area contributed by atoms with Crippen molar-refractivity contribution in [2.75, 3.05) is 0 Å². The van der Waals surface area contributed by atoms with E-state index in [2.05, 4.69) is 19.2 Å². The van der Waals surface area contributed by atoms with Gasteiger partial charge in [0.15, 0.2) is 0 Å². The van der Waals surface area contributed by atoms with Crippen LogP contribution in [0.25, 0.3) is 0 Å². The van der Waals surface area contributed by atoms with Gasteiger partial charge in [-0.25, -0.2) is 0 Å². The fourth-order valence-corrected chi connectivity index (χ4v) is 7.32. The first-order valence-electron chi connectivity index (χ1n) is 9.22. The third kappa shape index (κ3) is 2.43. The van der Waals surface area contributed by atoms with Crippen LogP contribution in [-0.2, 0) is 4.79 Å². The van der Waals surface area contributed by atoms with Gasteiger partial charge in [0, 0.05) is 11.5 Å². The second kappa shape index (κ2) is 4.49. The summed E-state index contributed by atoms with van der Waals surface area (Å²) in [5.41, 5.74) is 1.14. The molecule has 2 nitrogen and oxygen atoms in total. The molecule has 0 unspecified atom stereocenters. The van der Waals surface area contributed by atoms with Crippen LogP contribution in [0.3, 0.4) is 0 Å². The van der Waals surface area contributed by atoms with Crippen molar-refractivity contribution in [3.05, 3.63) is 0 Å². The summed E-state index contributed by atoms with van der Waals surface area (Å²) in [5, 5.41) is 3.61. The van der Waals surface area contributed by atoms with Gasteiger partial charge >= 0.3 is 0 Å². The van der Waals surface area contributed by atoms with Gasteiger partial charge in [-0.3, -0.25) is 4.79 Å². The quantitative estimate of drug-likeness (QED) is 0.800. The Morgan fingerprint density at radius 3 is 2.10 bits per heavy atom. The number of hydrogen-bond acceptors (Lipinski definition) is 1. The largest absolute Gasteiger partial charge is 0.350 e. The van der Waals surface area contributed by atoms with E-state index >= 15 is 0 Å². The molecule has 0 aromatic rings. The molecule has 21 heavy (non-hydrogen) atoms. The van der Waals surface area contributed by atoms with Gasteiger partial charge in [0.1, 0.15) is 0 Å². The normalized spacial score (nSPS) is 49.3. The number of rotatable bonds is 2. The molecule has 1 amide bonds. The molecule has 0 saturated heterocycles. The average Bonchev–Trinajstić information content (AvgIpc) is 2.34. The van der Waals surface area contributed by atoms with Crippen LogP contribution >= 0.6 is 0 Å². The fourth-order valence-electron chi connectivity index (χ4n) is 7.32. The van der Waals surface area contributed by atoms with Crippen LogP contribution in [0.2, 0.25) is 0 Å². The van der Waals surface area contributed by atoms with E-state index in [0.717, 1.165) is 18.8 Å². The molecule has 4 bridgehead atoms. The summed E-state index contributed by atoms with van der Waals surface area (Å²) in [7, 11) is 0. The van der Waals surface area contributed by atoms with Crippen LogP contribution in [0.4, 0.5) is 0 Å². The lowest BCUT2D eigenvalue weighted by molar-refractivity contribution is -0.143. The topological polar surface area (TPSA) is 29.1 Å². The zero-order valence-electron chi connectivity index (χ0n) is 13.8. The molecule has 0 aliphatic heterocycles. The number of hydrogen-bond donors (Lipinski definition) is 1. The molecule has 118 valence electrons. The average molecular weight is 289 g/mol. The third-order valence-electron chi connectivity index (χ3n) is 6.99. The molecule has 5 fully saturated rings. The van der Waals surface area contributed by atoms with Gasteiger partial charge in [0.2, 0.25) is 5.91 Å². The summed E-state index contributed by atoms with van der Waals surface area (Å²) in [6, 6.07) is 0. The molecule has 0 spiro atoms. The second-order valence-electron chi connectivity index (χ2n) is 9.73. The van der Waals surface area contributed by atoms with E-state index in [9.17, 15) is 4.79 Å². The highest BCUT2D eigenvalue weighted by atomic mass is 16.2. The Morgan fingerprint density at radius 1 is 0.905 bits per heavy atom. The van der Waals surface area contributed by atoms with Gasteiger partial charge in [0.25, 0.3) is 0 Å². The molecule has 0 aromatic heterocycles. The number of amides is 1. The van der Waals surface area contributed by atoms with Crippen LogP contribution in [-0.4, -0.2) is 11.4 Å². The van der Waals surface area contributed by atoms with Gasteiger partial charge in [-0.05, 0) is 68.1 Å². The smallest absolute Gasteiger partial charge is 0.223 e. The van der Waals surface area contributed by atoms with Gasteiger partial charge in [-0.2, -0.15) is 0 Å². The Bertz CT molecular complexity index is 432. The molecule has 0 heterocycles. The van der Waals surface area contributed by atoms with E-state index in [1.807, 2.05) is 0 Å². The highest BCUT2D eigenvalue weighted by Gasteiger charge is 2.60. The van der Waals surface area contributed by atoms with Crippen LogP contribution < -0.4 is 5.32 Å². The maximum atomic E-state index is 12.8. The number of nitrogens with one attached hydrogen (secondary N) is 1. The summed E-state index contributed by atoms with van der Waals surface area (Å²) in [4.78, 5) is 12.8. The SMILES string of the molecule is C[C@]12CC3CC(NC(=O)C4CCCCC4)(C1)C[C@](C)(C3)C2. The molecular weight excluding hydrogens is 258 g/mol. The van der Waals surface area contributed by atoms with E-state index in [1.165, 1.54) is 57.8 Å². The fraction of sp³-hybridized carbons (Fsp3) is 0.947. The highest BCUT2D eigenvalue weighted by Crippen LogP contribution is 2.66. The minimum Gasteiger partial charge on any atom is -0.350 e. The molecule has 5 rings (SSSR count). The lowest BCUT2D eigenvalue weighted by Crippen LogP contribution is -2.65. The Labute approximate surface area is 129 Å². The Kier molecular flexibility index (Phi) is 3.01. The van der Waals surface area contributed by atoms with E-state index < -0.39 is 0 Å². The molecule has 5 saturated carbocycles. The standard InChI is InChI=1S/C19H31NO/c1-17-8-14-9-18(2,11-17)13-19(10-14,12-17)20-16(21)15-6-4-3-5-7-15/h14-15H,3-13H2,1-2H3,(H,20,21)/t14?,17-,18-,19?/m1/s1. The first kappa shape index (κ1) is 14.1. The van der Waals surface area contributed by atoms with Crippen molar-refractivity contribution >= 4 is 5.91 Å². The van der Waals surface area contributed by atoms with Crippen molar-refractivity contribution in [2.45, 2.75) is 90.0 Å². The zero-order chi connectivity index (χ0) is 14.7. The van der Waals surface area contributed by atoms with Crippen LogP contribution in [0.5, 0.6) is 0 Å². The van der Waals surface area contributed by atoms with Crippen molar-refractivity contribution in [2.24, 2.45) is 22.7 Å². The summed E-state index contributed by atoms with van der Waals surface area (Å²) in [5.74, 6) is 1.57. The van der Waals surface area contributed by atoms with E-state index in [-0.39, 0.29) is 5.54 Å². The second-order valence-corrected chi connectivity index (χ2v) is 9.73. The molecule has 5 aliphatic carbocycles. The summed E-state index contributed by atoms with van der Waals surface area (Å²) in [6.07, 6.45) is 14.0. The van der Waals surface area contributed by atoms with Crippen molar-refractivity contribution in [3.63, 3.8) is 0 Å². The molecule has 5 aliphatic rings. The molecule has 1 N–H and O–H groups in total. The molecular formula is C19H31NO. The van der Waals surface area contributed by atoms with Crippen LogP contribution in [0.15, 0.2) is 0 Å². The Hall–Kier alpha value is -0.530.